The van der Waals surface area contributed by atoms with Gasteiger partial charge in [-0.05, 0) is 61.6 Å². The topological polar surface area (TPSA) is 32.8 Å². The SMILES string of the molecule is Cc1ccc(C(C)C)c(OC(C)C(=O)N2CCN(c3cc(Cl)ccc3C)CC2)c1. The molecule has 1 aliphatic rings. The van der Waals surface area contributed by atoms with Crippen molar-refractivity contribution in [2.75, 3.05) is 31.1 Å². The maximum absolute atomic E-state index is 13.0. The van der Waals surface area contributed by atoms with Gasteiger partial charge in [0.1, 0.15) is 5.75 Å². The fourth-order valence-electron chi connectivity index (χ4n) is 3.81. The molecule has 0 bridgehead atoms. The van der Waals surface area contributed by atoms with Gasteiger partial charge in [-0.15, -0.1) is 0 Å². The summed E-state index contributed by atoms with van der Waals surface area (Å²) in [6, 6.07) is 12.2. The van der Waals surface area contributed by atoms with Crippen molar-refractivity contribution in [1.82, 2.24) is 4.90 Å². The number of amides is 1. The number of halogens is 1. The van der Waals surface area contributed by atoms with E-state index in [1.54, 1.807) is 0 Å². The van der Waals surface area contributed by atoms with Gasteiger partial charge >= 0.3 is 0 Å². The quantitative estimate of drug-likeness (QED) is 0.674. The minimum atomic E-state index is -0.506. The molecule has 2 aromatic carbocycles. The van der Waals surface area contributed by atoms with Crippen LogP contribution in [0.25, 0.3) is 0 Å². The van der Waals surface area contributed by atoms with Crippen LogP contribution in [0.5, 0.6) is 5.75 Å². The molecule has 3 rings (SSSR count). The Labute approximate surface area is 179 Å². The Morgan fingerprint density at radius 2 is 1.69 bits per heavy atom. The Bertz CT molecular complexity index is 873. The molecule has 1 atom stereocenters. The number of carbonyl (C=O) groups is 1. The summed E-state index contributed by atoms with van der Waals surface area (Å²) in [6.45, 7) is 13.2. The number of benzene rings is 2. The zero-order valence-corrected chi connectivity index (χ0v) is 18.8. The second kappa shape index (κ2) is 9.08. The number of hydrogen-bond acceptors (Lipinski definition) is 3. The molecular weight excluding hydrogens is 384 g/mol. The lowest BCUT2D eigenvalue weighted by Gasteiger charge is -2.37. The molecule has 0 aliphatic carbocycles. The van der Waals surface area contributed by atoms with Crippen molar-refractivity contribution in [3.8, 4) is 5.75 Å². The number of rotatable bonds is 5. The molecule has 1 aliphatic heterocycles. The number of aryl methyl sites for hydroxylation is 2. The lowest BCUT2D eigenvalue weighted by molar-refractivity contribution is -0.138. The van der Waals surface area contributed by atoms with Gasteiger partial charge in [-0.1, -0.05) is 43.6 Å². The van der Waals surface area contributed by atoms with E-state index in [1.807, 2.05) is 43.0 Å². The molecule has 2 aromatic rings. The zero-order valence-electron chi connectivity index (χ0n) is 18.0. The first-order valence-corrected chi connectivity index (χ1v) is 10.7. The fourth-order valence-corrected chi connectivity index (χ4v) is 3.98. The third kappa shape index (κ3) is 5.05. The second-order valence-corrected chi connectivity index (χ2v) is 8.64. The molecule has 1 saturated heterocycles. The van der Waals surface area contributed by atoms with Crippen LogP contribution in [0.15, 0.2) is 36.4 Å². The summed E-state index contributed by atoms with van der Waals surface area (Å²) in [4.78, 5) is 17.2. The molecule has 0 N–H and O–H groups in total. The molecule has 1 unspecified atom stereocenters. The first-order valence-electron chi connectivity index (χ1n) is 10.3. The molecule has 29 heavy (non-hydrogen) atoms. The summed E-state index contributed by atoms with van der Waals surface area (Å²) in [5, 5.41) is 0.741. The monoisotopic (exact) mass is 414 g/mol. The third-order valence-electron chi connectivity index (χ3n) is 5.55. The third-order valence-corrected chi connectivity index (χ3v) is 5.78. The van der Waals surface area contributed by atoms with Crippen molar-refractivity contribution in [2.24, 2.45) is 0 Å². The largest absolute Gasteiger partial charge is 0.481 e. The van der Waals surface area contributed by atoms with E-state index in [9.17, 15) is 4.79 Å². The van der Waals surface area contributed by atoms with Gasteiger partial charge in [-0.3, -0.25) is 4.79 Å². The first-order chi connectivity index (χ1) is 13.8. The lowest BCUT2D eigenvalue weighted by Crippen LogP contribution is -2.52. The molecular formula is C24H31ClN2O2. The van der Waals surface area contributed by atoms with E-state index in [0.29, 0.717) is 19.0 Å². The number of anilines is 1. The highest BCUT2D eigenvalue weighted by atomic mass is 35.5. The highest BCUT2D eigenvalue weighted by Gasteiger charge is 2.27. The van der Waals surface area contributed by atoms with Crippen LogP contribution < -0.4 is 9.64 Å². The fraction of sp³-hybridized carbons (Fsp3) is 0.458. The van der Waals surface area contributed by atoms with Gasteiger partial charge in [0.05, 0.1) is 0 Å². The van der Waals surface area contributed by atoms with Crippen molar-refractivity contribution in [3.05, 3.63) is 58.1 Å². The normalized spacial score (nSPS) is 15.6. The van der Waals surface area contributed by atoms with Crippen molar-refractivity contribution in [2.45, 2.75) is 46.6 Å². The van der Waals surface area contributed by atoms with Crippen LogP contribution in [0.1, 0.15) is 43.4 Å². The number of ether oxygens (including phenoxy) is 1. The van der Waals surface area contributed by atoms with Crippen molar-refractivity contribution < 1.29 is 9.53 Å². The Balaban J connectivity index is 1.63. The highest BCUT2D eigenvalue weighted by Crippen LogP contribution is 2.29. The van der Waals surface area contributed by atoms with Gasteiger partial charge in [0, 0.05) is 36.9 Å². The van der Waals surface area contributed by atoms with E-state index in [-0.39, 0.29) is 5.91 Å². The zero-order chi connectivity index (χ0) is 21.1. The predicted octanol–water partition coefficient (Wildman–Crippen LogP) is 5.20. The van der Waals surface area contributed by atoms with E-state index in [0.717, 1.165) is 40.7 Å². The van der Waals surface area contributed by atoms with Crippen LogP contribution in [-0.4, -0.2) is 43.1 Å². The summed E-state index contributed by atoms with van der Waals surface area (Å²) in [6.07, 6.45) is -0.506. The highest BCUT2D eigenvalue weighted by molar-refractivity contribution is 6.30. The van der Waals surface area contributed by atoms with Crippen LogP contribution in [0.4, 0.5) is 5.69 Å². The summed E-state index contributed by atoms with van der Waals surface area (Å²) < 4.78 is 6.13. The number of piperazine rings is 1. The van der Waals surface area contributed by atoms with Crippen LogP contribution >= 0.6 is 11.6 Å². The predicted molar refractivity (Wildman–Crippen MR) is 120 cm³/mol. The molecule has 156 valence electrons. The average Bonchev–Trinajstić information content (AvgIpc) is 2.69. The standard InChI is InChI=1S/C24H31ClN2O2/c1-16(2)21-9-6-17(3)14-23(21)29-19(5)24(28)27-12-10-26(11-13-27)22-15-20(25)8-7-18(22)4/h6-9,14-16,19H,10-13H2,1-5H3. The van der Waals surface area contributed by atoms with Gasteiger partial charge in [0.25, 0.3) is 5.91 Å². The number of carbonyl (C=O) groups excluding carboxylic acids is 1. The second-order valence-electron chi connectivity index (χ2n) is 8.20. The van der Waals surface area contributed by atoms with E-state index in [4.69, 9.17) is 16.3 Å². The Morgan fingerprint density at radius 3 is 2.34 bits per heavy atom. The summed E-state index contributed by atoms with van der Waals surface area (Å²) in [7, 11) is 0. The van der Waals surface area contributed by atoms with Gasteiger partial charge in [-0.2, -0.15) is 0 Å². The summed E-state index contributed by atoms with van der Waals surface area (Å²) in [5.41, 5.74) is 4.62. The minimum absolute atomic E-state index is 0.0451. The van der Waals surface area contributed by atoms with E-state index in [2.05, 4.69) is 37.8 Å². The maximum atomic E-state index is 13.0. The molecule has 0 radical (unpaired) electrons. The molecule has 0 aromatic heterocycles. The Morgan fingerprint density at radius 1 is 1.00 bits per heavy atom. The number of hydrogen-bond donors (Lipinski definition) is 0. The smallest absolute Gasteiger partial charge is 0.263 e. The van der Waals surface area contributed by atoms with Crippen molar-refractivity contribution in [1.29, 1.82) is 0 Å². The Hall–Kier alpha value is -2.20. The van der Waals surface area contributed by atoms with E-state index < -0.39 is 6.10 Å². The molecule has 0 spiro atoms. The molecule has 1 heterocycles. The molecule has 1 fully saturated rings. The minimum Gasteiger partial charge on any atom is -0.481 e. The van der Waals surface area contributed by atoms with Gasteiger partial charge in [0.15, 0.2) is 6.10 Å². The molecule has 1 amide bonds. The van der Waals surface area contributed by atoms with Crippen LogP contribution in [-0.2, 0) is 4.79 Å². The van der Waals surface area contributed by atoms with E-state index in [1.165, 1.54) is 5.56 Å². The first kappa shape index (κ1) is 21.5. The van der Waals surface area contributed by atoms with Crippen molar-refractivity contribution >= 4 is 23.2 Å². The van der Waals surface area contributed by atoms with Gasteiger partial charge in [-0.25, -0.2) is 0 Å². The lowest BCUT2D eigenvalue weighted by atomic mass is 10.0. The van der Waals surface area contributed by atoms with E-state index >= 15 is 0 Å². The summed E-state index contributed by atoms with van der Waals surface area (Å²) in [5.74, 6) is 1.20. The maximum Gasteiger partial charge on any atom is 0.263 e. The molecule has 0 saturated carbocycles. The number of nitrogens with zero attached hydrogens (tertiary/aromatic N) is 2. The summed E-state index contributed by atoms with van der Waals surface area (Å²) >= 11 is 6.17. The Kier molecular flexibility index (Phi) is 6.74. The van der Waals surface area contributed by atoms with Crippen LogP contribution in [0.3, 0.4) is 0 Å². The van der Waals surface area contributed by atoms with Gasteiger partial charge in [0.2, 0.25) is 0 Å². The van der Waals surface area contributed by atoms with Crippen molar-refractivity contribution in [3.63, 3.8) is 0 Å². The molecule has 5 heteroatoms. The molecule has 4 nitrogen and oxygen atoms in total. The van der Waals surface area contributed by atoms with Crippen LogP contribution in [0.2, 0.25) is 5.02 Å². The average molecular weight is 415 g/mol. The van der Waals surface area contributed by atoms with Crippen LogP contribution in [0, 0.1) is 13.8 Å². The van der Waals surface area contributed by atoms with Gasteiger partial charge < -0.3 is 14.5 Å².